The fourth-order valence-corrected chi connectivity index (χ4v) is 2.88. The van der Waals surface area contributed by atoms with Gasteiger partial charge in [0.25, 0.3) is 5.91 Å². The van der Waals surface area contributed by atoms with Gasteiger partial charge in [0.1, 0.15) is 6.54 Å². The number of aliphatic carboxylic acids is 1. The highest BCUT2D eigenvalue weighted by Gasteiger charge is 2.24. The molecule has 0 aliphatic heterocycles. The zero-order chi connectivity index (χ0) is 18.7. The number of aromatic nitrogens is 4. The number of pyridine rings is 1. The summed E-state index contributed by atoms with van der Waals surface area (Å²) in [4.78, 5) is 29.2. The number of rotatable bonds is 6. The van der Waals surface area contributed by atoms with E-state index in [9.17, 15) is 9.59 Å². The predicted octanol–water partition coefficient (Wildman–Crippen LogP) is 2.06. The molecule has 1 N–H and O–H groups in total. The van der Waals surface area contributed by atoms with Crippen molar-refractivity contribution in [2.75, 3.05) is 13.1 Å². The first-order valence-corrected chi connectivity index (χ1v) is 8.29. The van der Waals surface area contributed by atoms with Gasteiger partial charge in [0.15, 0.2) is 5.69 Å². The molecule has 2 heterocycles. The van der Waals surface area contributed by atoms with E-state index in [0.29, 0.717) is 18.7 Å². The number of hydrogen-bond acceptors (Lipinski definition) is 5. The summed E-state index contributed by atoms with van der Waals surface area (Å²) in [6, 6.07) is 7.59. The highest BCUT2D eigenvalue weighted by atomic mass is 16.4. The average Bonchev–Trinajstić information content (AvgIpc) is 3.01. The molecule has 0 radical (unpaired) electrons. The zero-order valence-corrected chi connectivity index (χ0v) is 14.6. The van der Waals surface area contributed by atoms with E-state index in [2.05, 4.69) is 15.3 Å². The molecule has 0 saturated heterocycles. The Morgan fingerprint density at radius 1 is 1.27 bits per heavy atom. The smallest absolute Gasteiger partial charge is 0.323 e. The number of carbonyl (C=O) groups excluding carboxylic acids is 1. The van der Waals surface area contributed by atoms with E-state index in [1.54, 1.807) is 24.0 Å². The van der Waals surface area contributed by atoms with E-state index < -0.39 is 11.9 Å². The van der Waals surface area contributed by atoms with Crippen molar-refractivity contribution in [2.45, 2.75) is 20.3 Å². The van der Waals surface area contributed by atoms with Gasteiger partial charge in [-0.05, 0) is 25.5 Å². The highest BCUT2D eigenvalue weighted by Crippen LogP contribution is 2.22. The van der Waals surface area contributed by atoms with Crippen LogP contribution in [-0.4, -0.2) is 55.0 Å². The van der Waals surface area contributed by atoms with Crippen LogP contribution in [0.2, 0.25) is 0 Å². The third kappa shape index (κ3) is 3.26. The molecule has 134 valence electrons. The number of carboxylic acid groups (broad SMARTS) is 1. The van der Waals surface area contributed by atoms with Crippen molar-refractivity contribution in [3.05, 3.63) is 48.0 Å². The Labute approximate surface area is 150 Å². The van der Waals surface area contributed by atoms with Crippen LogP contribution in [0.3, 0.4) is 0 Å². The van der Waals surface area contributed by atoms with Crippen LogP contribution in [-0.2, 0) is 4.79 Å². The topological polar surface area (TPSA) is 101 Å². The van der Waals surface area contributed by atoms with Gasteiger partial charge in [-0.1, -0.05) is 24.3 Å². The molecule has 0 saturated carbocycles. The number of carboxylic acids is 1. The maximum atomic E-state index is 12.7. The van der Waals surface area contributed by atoms with Crippen LogP contribution in [0.15, 0.2) is 36.7 Å². The van der Waals surface area contributed by atoms with Gasteiger partial charge in [0.05, 0.1) is 11.4 Å². The van der Waals surface area contributed by atoms with Crippen molar-refractivity contribution in [1.29, 1.82) is 0 Å². The fraction of sp³-hybridized carbons (Fsp3) is 0.278. The SMILES string of the molecule is CCCN(CC(=O)O)C(=O)c1nnn(-c2cccc3cnccc23)c1C. The van der Waals surface area contributed by atoms with E-state index >= 15 is 0 Å². The van der Waals surface area contributed by atoms with Gasteiger partial charge in [0, 0.05) is 29.7 Å². The molecule has 0 bridgehead atoms. The summed E-state index contributed by atoms with van der Waals surface area (Å²) in [5.74, 6) is -1.49. The Morgan fingerprint density at radius 2 is 2.08 bits per heavy atom. The summed E-state index contributed by atoms with van der Waals surface area (Å²) >= 11 is 0. The van der Waals surface area contributed by atoms with Crippen LogP contribution in [0.4, 0.5) is 0 Å². The first kappa shape index (κ1) is 17.5. The molecule has 26 heavy (non-hydrogen) atoms. The molecular formula is C18H19N5O3. The number of nitrogens with zero attached hydrogens (tertiary/aromatic N) is 5. The second kappa shape index (κ2) is 7.30. The van der Waals surface area contributed by atoms with Crippen LogP contribution in [0.25, 0.3) is 16.5 Å². The Morgan fingerprint density at radius 3 is 2.81 bits per heavy atom. The number of benzene rings is 1. The van der Waals surface area contributed by atoms with E-state index in [1.807, 2.05) is 31.2 Å². The molecular weight excluding hydrogens is 334 g/mol. The van der Waals surface area contributed by atoms with E-state index in [0.717, 1.165) is 16.5 Å². The highest BCUT2D eigenvalue weighted by molar-refractivity contribution is 5.95. The molecule has 0 atom stereocenters. The molecule has 0 spiro atoms. The molecule has 0 unspecified atom stereocenters. The van der Waals surface area contributed by atoms with Gasteiger partial charge in [-0.2, -0.15) is 0 Å². The molecule has 1 amide bonds. The van der Waals surface area contributed by atoms with Crippen molar-refractivity contribution in [3.8, 4) is 5.69 Å². The van der Waals surface area contributed by atoms with Gasteiger partial charge >= 0.3 is 5.97 Å². The van der Waals surface area contributed by atoms with Crippen molar-refractivity contribution < 1.29 is 14.7 Å². The van der Waals surface area contributed by atoms with Crippen LogP contribution >= 0.6 is 0 Å². The third-order valence-electron chi connectivity index (χ3n) is 4.09. The molecule has 1 aromatic carbocycles. The maximum absolute atomic E-state index is 12.7. The van der Waals surface area contributed by atoms with Crippen molar-refractivity contribution in [2.24, 2.45) is 0 Å². The quantitative estimate of drug-likeness (QED) is 0.728. The summed E-state index contributed by atoms with van der Waals surface area (Å²) in [7, 11) is 0. The molecule has 0 aliphatic carbocycles. The number of amides is 1. The molecule has 3 aromatic rings. The largest absolute Gasteiger partial charge is 0.480 e. The standard InChI is InChI=1S/C18H19N5O3/c1-3-9-22(11-16(24)25)18(26)17-12(2)23(21-20-17)15-6-4-5-13-10-19-8-7-14(13)15/h4-8,10H,3,9,11H2,1-2H3,(H,24,25). The van der Waals surface area contributed by atoms with Gasteiger partial charge in [-0.3, -0.25) is 14.6 Å². The lowest BCUT2D eigenvalue weighted by Crippen LogP contribution is -2.36. The second-order valence-corrected chi connectivity index (χ2v) is 5.93. The minimum Gasteiger partial charge on any atom is -0.480 e. The Bertz CT molecular complexity index is 961. The molecule has 0 fully saturated rings. The van der Waals surface area contributed by atoms with Crippen LogP contribution < -0.4 is 0 Å². The zero-order valence-electron chi connectivity index (χ0n) is 14.6. The summed E-state index contributed by atoms with van der Waals surface area (Å²) in [6.07, 6.45) is 4.11. The van der Waals surface area contributed by atoms with Crippen molar-refractivity contribution in [3.63, 3.8) is 0 Å². The van der Waals surface area contributed by atoms with Crippen LogP contribution in [0, 0.1) is 6.92 Å². The Hall–Kier alpha value is -3.29. The monoisotopic (exact) mass is 353 g/mol. The molecule has 8 heteroatoms. The number of hydrogen-bond donors (Lipinski definition) is 1. The lowest BCUT2D eigenvalue weighted by Gasteiger charge is -2.18. The Balaban J connectivity index is 2.02. The summed E-state index contributed by atoms with van der Waals surface area (Å²) in [5, 5.41) is 19.1. The third-order valence-corrected chi connectivity index (χ3v) is 4.09. The van der Waals surface area contributed by atoms with Crippen molar-refractivity contribution >= 4 is 22.6 Å². The van der Waals surface area contributed by atoms with E-state index in [1.165, 1.54) is 4.90 Å². The molecule has 2 aromatic heterocycles. The van der Waals surface area contributed by atoms with E-state index in [4.69, 9.17) is 5.11 Å². The summed E-state index contributed by atoms with van der Waals surface area (Å²) in [5.41, 5.74) is 1.51. The maximum Gasteiger partial charge on any atom is 0.323 e. The minimum absolute atomic E-state index is 0.158. The number of carbonyl (C=O) groups is 2. The summed E-state index contributed by atoms with van der Waals surface area (Å²) < 4.78 is 1.60. The molecule has 3 rings (SSSR count). The normalized spacial score (nSPS) is 10.8. The summed E-state index contributed by atoms with van der Waals surface area (Å²) in [6.45, 7) is 3.62. The van der Waals surface area contributed by atoms with Gasteiger partial charge in [0.2, 0.25) is 0 Å². The predicted molar refractivity (Wildman–Crippen MR) is 95.2 cm³/mol. The molecule has 8 nitrogen and oxygen atoms in total. The van der Waals surface area contributed by atoms with Gasteiger partial charge in [-0.15, -0.1) is 5.10 Å². The average molecular weight is 353 g/mol. The first-order chi connectivity index (χ1) is 12.5. The Kier molecular flexibility index (Phi) is 4.92. The lowest BCUT2D eigenvalue weighted by atomic mass is 10.1. The minimum atomic E-state index is -1.06. The number of fused-ring (bicyclic) bond motifs is 1. The van der Waals surface area contributed by atoms with Gasteiger partial charge in [-0.25, -0.2) is 4.68 Å². The molecule has 0 aliphatic rings. The van der Waals surface area contributed by atoms with Crippen LogP contribution in [0.5, 0.6) is 0 Å². The van der Waals surface area contributed by atoms with Crippen LogP contribution in [0.1, 0.15) is 29.5 Å². The lowest BCUT2D eigenvalue weighted by molar-refractivity contribution is -0.137. The van der Waals surface area contributed by atoms with Gasteiger partial charge < -0.3 is 10.0 Å². The fourth-order valence-electron chi connectivity index (χ4n) is 2.88. The second-order valence-electron chi connectivity index (χ2n) is 5.93. The first-order valence-electron chi connectivity index (χ1n) is 8.29. The van der Waals surface area contributed by atoms with Crippen molar-refractivity contribution in [1.82, 2.24) is 24.9 Å². The van der Waals surface area contributed by atoms with E-state index in [-0.39, 0.29) is 12.2 Å².